The molecule has 2 aromatic carbocycles. The normalized spacial score (nSPS) is 12.2. The van der Waals surface area contributed by atoms with E-state index in [0.29, 0.717) is 0 Å². The molecule has 3 aromatic rings. The summed E-state index contributed by atoms with van der Waals surface area (Å²) in [6.07, 6.45) is 0. The van der Waals surface area contributed by atoms with Crippen LogP contribution in [0.15, 0.2) is 58.1 Å². The fraction of sp³-hybridized carbons (Fsp3) is 0.346. The van der Waals surface area contributed by atoms with Crippen molar-refractivity contribution < 1.29 is 9.90 Å². The molecule has 35 heavy (non-hydrogen) atoms. The number of amides is 1. The number of carbonyl (C=O) groups is 1. The molecule has 1 atom stereocenters. The molecule has 186 valence electrons. The second kappa shape index (κ2) is 9.69. The van der Waals surface area contributed by atoms with Gasteiger partial charge in [0.15, 0.2) is 5.75 Å². The lowest BCUT2D eigenvalue weighted by molar-refractivity contribution is 0.0824. The maximum Gasteiger partial charge on any atom is 0.290 e. The number of hydrogen-bond donors (Lipinski definition) is 3. The van der Waals surface area contributed by atoms with E-state index in [0.717, 1.165) is 5.56 Å². The fourth-order valence-corrected chi connectivity index (χ4v) is 3.84. The van der Waals surface area contributed by atoms with Gasteiger partial charge in [-0.1, -0.05) is 57.2 Å². The maximum atomic E-state index is 13.4. The molecule has 0 aliphatic rings. The Bertz CT molecular complexity index is 1350. The topological polar surface area (TPSA) is 109 Å². The van der Waals surface area contributed by atoms with Gasteiger partial charge in [-0.3, -0.25) is 14.4 Å². The standard InChI is InChI=1S/C26H33N5O4/c1-26(2,3)22(16-12-9-8-10-13-16)28-20-19(24(34)30(6)31(7)25(20)35)27-18-15-11-14-17(21(18)32)23(33)29(4)5/h8-15,22,27-28,32H,1-7H3/t22-/m0/s1. The van der Waals surface area contributed by atoms with E-state index in [1.807, 2.05) is 51.1 Å². The molecule has 1 aromatic heterocycles. The van der Waals surface area contributed by atoms with Crippen LogP contribution in [0.25, 0.3) is 0 Å². The number of benzene rings is 2. The summed E-state index contributed by atoms with van der Waals surface area (Å²) in [7, 11) is 6.16. The first-order valence-electron chi connectivity index (χ1n) is 11.3. The minimum atomic E-state index is -0.473. The lowest BCUT2D eigenvalue weighted by atomic mass is 9.82. The van der Waals surface area contributed by atoms with E-state index in [9.17, 15) is 19.5 Å². The SMILES string of the molecule is CN(C)C(=O)c1cccc(Nc2c(N[C@@H](c3ccccc3)C(C)(C)C)c(=O)n(C)n(C)c2=O)c1O. The highest BCUT2D eigenvalue weighted by Gasteiger charge is 2.29. The van der Waals surface area contributed by atoms with Gasteiger partial charge in [0, 0.05) is 28.2 Å². The smallest absolute Gasteiger partial charge is 0.290 e. The molecule has 3 rings (SSSR count). The van der Waals surface area contributed by atoms with Gasteiger partial charge in [-0.25, -0.2) is 9.36 Å². The number of hydrogen-bond acceptors (Lipinski definition) is 6. The van der Waals surface area contributed by atoms with Crippen molar-refractivity contribution in [1.29, 1.82) is 0 Å². The Balaban J connectivity index is 2.19. The molecular weight excluding hydrogens is 446 g/mol. The van der Waals surface area contributed by atoms with E-state index in [1.165, 1.54) is 34.4 Å². The lowest BCUT2D eigenvalue weighted by Crippen LogP contribution is -2.39. The number of para-hydroxylation sites is 1. The Morgan fingerprint density at radius 2 is 1.49 bits per heavy atom. The number of nitrogens with one attached hydrogen (secondary N) is 2. The number of aromatic nitrogens is 2. The van der Waals surface area contributed by atoms with Crippen molar-refractivity contribution in [2.75, 3.05) is 24.7 Å². The molecule has 0 saturated carbocycles. The van der Waals surface area contributed by atoms with Crippen LogP contribution in [0.4, 0.5) is 17.1 Å². The van der Waals surface area contributed by atoms with Crippen molar-refractivity contribution >= 4 is 23.0 Å². The van der Waals surface area contributed by atoms with Gasteiger partial charge in [0.1, 0.15) is 11.4 Å². The summed E-state index contributed by atoms with van der Waals surface area (Å²) in [6.45, 7) is 6.12. The van der Waals surface area contributed by atoms with Crippen LogP contribution >= 0.6 is 0 Å². The van der Waals surface area contributed by atoms with Crippen LogP contribution in [-0.4, -0.2) is 39.4 Å². The van der Waals surface area contributed by atoms with E-state index >= 15 is 0 Å². The van der Waals surface area contributed by atoms with Crippen LogP contribution in [0.1, 0.15) is 42.7 Å². The number of carbonyl (C=O) groups excluding carboxylic acids is 1. The van der Waals surface area contributed by atoms with Gasteiger partial charge >= 0.3 is 0 Å². The Kier molecular flexibility index (Phi) is 7.09. The van der Waals surface area contributed by atoms with Crippen LogP contribution in [0.2, 0.25) is 0 Å². The molecule has 0 aliphatic carbocycles. The highest BCUT2D eigenvalue weighted by atomic mass is 16.3. The third-order valence-electron chi connectivity index (χ3n) is 5.94. The van der Waals surface area contributed by atoms with Gasteiger partial charge in [0.2, 0.25) is 0 Å². The fourth-order valence-electron chi connectivity index (χ4n) is 3.84. The number of phenols is 1. The quantitative estimate of drug-likeness (QED) is 0.468. The van der Waals surface area contributed by atoms with E-state index in [-0.39, 0.29) is 39.8 Å². The van der Waals surface area contributed by atoms with Gasteiger partial charge in [-0.05, 0) is 23.1 Å². The summed E-state index contributed by atoms with van der Waals surface area (Å²) in [5.74, 6) is -0.700. The predicted molar refractivity (Wildman–Crippen MR) is 139 cm³/mol. The van der Waals surface area contributed by atoms with Gasteiger partial charge in [-0.15, -0.1) is 0 Å². The first kappa shape index (κ1) is 25.6. The minimum Gasteiger partial charge on any atom is -0.505 e. The van der Waals surface area contributed by atoms with Crippen molar-refractivity contribution in [3.8, 4) is 5.75 Å². The molecule has 0 aliphatic heterocycles. The minimum absolute atomic E-state index is 0.0227. The molecule has 9 heteroatoms. The summed E-state index contributed by atoms with van der Waals surface area (Å²) in [4.78, 5) is 40.5. The summed E-state index contributed by atoms with van der Waals surface area (Å²) in [5.41, 5.74) is 0.0120. The second-order valence-corrected chi connectivity index (χ2v) is 9.79. The molecule has 0 saturated heterocycles. The van der Waals surface area contributed by atoms with Gasteiger partial charge in [0.05, 0.1) is 17.3 Å². The molecule has 0 fully saturated rings. The van der Waals surface area contributed by atoms with Gasteiger partial charge in [-0.2, -0.15) is 0 Å². The predicted octanol–water partition coefficient (Wildman–Crippen LogP) is 3.43. The van der Waals surface area contributed by atoms with Crippen LogP contribution in [0.3, 0.4) is 0 Å². The highest BCUT2D eigenvalue weighted by molar-refractivity contribution is 5.98. The molecule has 0 spiro atoms. The van der Waals surface area contributed by atoms with Crippen molar-refractivity contribution in [3.63, 3.8) is 0 Å². The van der Waals surface area contributed by atoms with E-state index < -0.39 is 17.0 Å². The van der Waals surface area contributed by atoms with Crippen LogP contribution in [0, 0.1) is 5.41 Å². The summed E-state index contributed by atoms with van der Waals surface area (Å²) >= 11 is 0. The zero-order valence-electron chi connectivity index (χ0n) is 21.2. The molecule has 1 amide bonds. The number of nitrogens with zero attached hydrogens (tertiary/aromatic N) is 3. The van der Waals surface area contributed by atoms with Gasteiger partial charge < -0.3 is 20.6 Å². The number of phenolic OH excluding ortho intramolecular Hbond substituents is 1. The Labute approximate surface area is 204 Å². The molecule has 3 N–H and O–H groups in total. The average molecular weight is 480 g/mol. The number of rotatable bonds is 6. The first-order valence-corrected chi connectivity index (χ1v) is 11.3. The molecule has 0 unspecified atom stereocenters. The third kappa shape index (κ3) is 5.08. The Morgan fingerprint density at radius 3 is 2.03 bits per heavy atom. The number of anilines is 3. The van der Waals surface area contributed by atoms with Crippen molar-refractivity contribution in [1.82, 2.24) is 14.3 Å². The Hall–Kier alpha value is -4.01. The van der Waals surface area contributed by atoms with Crippen LogP contribution in [-0.2, 0) is 14.1 Å². The van der Waals surface area contributed by atoms with Gasteiger partial charge in [0.25, 0.3) is 17.0 Å². The van der Waals surface area contributed by atoms with E-state index in [1.54, 1.807) is 26.2 Å². The monoisotopic (exact) mass is 479 g/mol. The third-order valence-corrected chi connectivity index (χ3v) is 5.94. The average Bonchev–Trinajstić information content (AvgIpc) is 2.81. The summed E-state index contributed by atoms with van der Waals surface area (Å²) < 4.78 is 2.42. The first-order chi connectivity index (χ1) is 16.3. The Morgan fingerprint density at radius 1 is 0.914 bits per heavy atom. The van der Waals surface area contributed by atoms with Crippen LogP contribution in [0.5, 0.6) is 5.75 Å². The lowest BCUT2D eigenvalue weighted by Gasteiger charge is -2.33. The molecular formula is C26H33N5O4. The zero-order chi connectivity index (χ0) is 26.1. The van der Waals surface area contributed by atoms with E-state index in [2.05, 4.69) is 10.6 Å². The summed E-state index contributed by atoms with van der Waals surface area (Å²) in [5, 5.41) is 17.1. The number of aromatic hydroxyl groups is 1. The van der Waals surface area contributed by atoms with E-state index in [4.69, 9.17) is 0 Å². The summed E-state index contributed by atoms with van der Waals surface area (Å²) in [6, 6.07) is 14.0. The molecule has 9 nitrogen and oxygen atoms in total. The van der Waals surface area contributed by atoms with Crippen molar-refractivity contribution in [2.24, 2.45) is 19.5 Å². The maximum absolute atomic E-state index is 13.4. The zero-order valence-corrected chi connectivity index (χ0v) is 21.2. The van der Waals surface area contributed by atoms with Crippen molar-refractivity contribution in [2.45, 2.75) is 26.8 Å². The molecule has 1 heterocycles. The second-order valence-electron chi connectivity index (χ2n) is 9.79. The largest absolute Gasteiger partial charge is 0.505 e. The van der Waals surface area contributed by atoms with Crippen molar-refractivity contribution in [3.05, 3.63) is 80.4 Å². The molecule has 0 bridgehead atoms. The molecule has 0 radical (unpaired) electrons. The van der Waals surface area contributed by atoms with Crippen LogP contribution < -0.4 is 21.8 Å². The highest BCUT2D eigenvalue weighted by Crippen LogP contribution is 2.37.